The molecule has 2 amide bonds. The molecule has 1 aliphatic rings. The van der Waals surface area contributed by atoms with Crippen molar-refractivity contribution in [1.82, 2.24) is 0 Å². The Bertz CT molecular complexity index is 766. The van der Waals surface area contributed by atoms with Gasteiger partial charge in [0, 0.05) is 28.4 Å². The molecule has 0 saturated carbocycles. The lowest BCUT2D eigenvalue weighted by molar-refractivity contribution is 0.256. The molecule has 0 saturated heterocycles. The first-order valence-corrected chi connectivity index (χ1v) is 9.10. The number of ether oxygens (including phenoxy) is 2. The number of methoxy groups -OCH3 is 2. The number of carbonyl (C=O) groups excluding carboxylic acids is 1. The Morgan fingerprint density at radius 2 is 1.96 bits per heavy atom. The monoisotopic (exact) mass is 358 g/mol. The van der Waals surface area contributed by atoms with Gasteiger partial charge in [-0.15, -0.1) is 11.8 Å². The molecule has 0 radical (unpaired) electrons. The van der Waals surface area contributed by atoms with Crippen LogP contribution in [0.5, 0.6) is 11.5 Å². The van der Waals surface area contributed by atoms with Crippen LogP contribution in [-0.4, -0.2) is 32.0 Å². The Hall–Kier alpha value is -2.34. The molecule has 2 aromatic rings. The molecular formula is C19H22N2O3S. The van der Waals surface area contributed by atoms with Gasteiger partial charge in [0.1, 0.15) is 0 Å². The number of carbonyl (C=O) groups is 1. The highest BCUT2D eigenvalue weighted by molar-refractivity contribution is 8.00. The smallest absolute Gasteiger partial charge is 0.326 e. The SMILES string of the molecule is CC[C@H]1CN(C(=O)Nc2ccc(OC)c(OC)c2)c2ccccc2S1. The Labute approximate surface area is 152 Å². The number of amides is 2. The van der Waals surface area contributed by atoms with Crippen LogP contribution in [0.25, 0.3) is 0 Å². The number of hydrogen-bond donors (Lipinski definition) is 1. The molecule has 0 unspecified atom stereocenters. The van der Waals surface area contributed by atoms with Crippen molar-refractivity contribution in [2.24, 2.45) is 0 Å². The first kappa shape index (κ1) is 17.5. The molecule has 6 heteroatoms. The average Bonchev–Trinajstić information content (AvgIpc) is 2.66. The lowest BCUT2D eigenvalue weighted by atomic mass is 10.2. The van der Waals surface area contributed by atoms with Crippen LogP contribution in [0.15, 0.2) is 47.4 Å². The highest BCUT2D eigenvalue weighted by Gasteiger charge is 2.28. The summed E-state index contributed by atoms with van der Waals surface area (Å²) in [5.74, 6) is 1.22. The van der Waals surface area contributed by atoms with Crippen LogP contribution in [0.2, 0.25) is 0 Å². The van der Waals surface area contributed by atoms with Crippen LogP contribution < -0.4 is 19.7 Å². The summed E-state index contributed by atoms with van der Waals surface area (Å²) >= 11 is 1.84. The van der Waals surface area contributed by atoms with Crippen molar-refractivity contribution in [3.8, 4) is 11.5 Å². The molecule has 0 fully saturated rings. The maximum atomic E-state index is 12.9. The zero-order valence-electron chi connectivity index (χ0n) is 14.6. The second kappa shape index (κ2) is 7.70. The van der Waals surface area contributed by atoms with E-state index in [1.54, 1.807) is 32.4 Å². The van der Waals surface area contributed by atoms with Crippen LogP contribution in [-0.2, 0) is 0 Å². The van der Waals surface area contributed by atoms with Gasteiger partial charge < -0.3 is 14.8 Å². The molecule has 0 bridgehead atoms. The Morgan fingerprint density at radius 3 is 2.68 bits per heavy atom. The maximum absolute atomic E-state index is 12.9. The van der Waals surface area contributed by atoms with Crippen LogP contribution in [0.3, 0.4) is 0 Å². The Balaban J connectivity index is 1.83. The topological polar surface area (TPSA) is 50.8 Å². The van der Waals surface area contributed by atoms with Gasteiger partial charge in [-0.3, -0.25) is 4.90 Å². The van der Waals surface area contributed by atoms with E-state index in [2.05, 4.69) is 18.3 Å². The van der Waals surface area contributed by atoms with Crippen molar-refractivity contribution in [2.75, 3.05) is 31.0 Å². The van der Waals surface area contributed by atoms with E-state index >= 15 is 0 Å². The summed E-state index contributed by atoms with van der Waals surface area (Å²) in [6.45, 7) is 2.84. The van der Waals surface area contributed by atoms with Crippen molar-refractivity contribution in [3.05, 3.63) is 42.5 Å². The molecule has 0 spiro atoms. The third-order valence-corrected chi connectivity index (χ3v) is 5.59. The number of benzene rings is 2. The first-order chi connectivity index (χ1) is 12.2. The number of anilines is 2. The van der Waals surface area contributed by atoms with Gasteiger partial charge in [0.2, 0.25) is 0 Å². The predicted octanol–water partition coefficient (Wildman–Crippen LogP) is 4.63. The minimum Gasteiger partial charge on any atom is -0.493 e. The van der Waals surface area contributed by atoms with E-state index in [0.29, 0.717) is 29.0 Å². The van der Waals surface area contributed by atoms with Crippen LogP contribution in [0.4, 0.5) is 16.2 Å². The zero-order valence-corrected chi connectivity index (χ0v) is 15.4. The van der Waals surface area contributed by atoms with Gasteiger partial charge in [0.15, 0.2) is 11.5 Å². The fourth-order valence-corrected chi connectivity index (χ4v) is 4.01. The summed E-state index contributed by atoms with van der Waals surface area (Å²) in [6, 6.07) is 13.2. The van der Waals surface area contributed by atoms with E-state index in [1.807, 2.05) is 34.9 Å². The molecular weight excluding hydrogens is 336 g/mol. The second-order valence-electron chi connectivity index (χ2n) is 5.73. The van der Waals surface area contributed by atoms with E-state index in [-0.39, 0.29) is 6.03 Å². The quantitative estimate of drug-likeness (QED) is 0.866. The van der Waals surface area contributed by atoms with Gasteiger partial charge in [-0.05, 0) is 30.7 Å². The van der Waals surface area contributed by atoms with Crippen LogP contribution in [0, 0.1) is 0 Å². The summed E-state index contributed by atoms with van der Waals surface area (Å²) < 4.78 is 10.5. The third kappa shape index (κ3) is 3.69. The van der Waals surface area contributed by atoms with E-state index in [9.17, 15) is 4.79 Å². The largest absolute Gasteiger partial charge is 0.493 e. The number of thioether (sulfide) groups is 1. The summed E-state index contributed by atoms with van der Waals surface area (Å²) in [5.41, 5.74) is 1.63. The predicted molar refractivity (Wildman–Crippen MR) is 102 cm³/mol. The van der Waals surface area contributed by atoms with E-state index in [1.165, 1.54) is 0 Å². The second-order valence-corrected chi connectivity index (χ2v) is 7.07. The number of rotatable bonds is 4. The molecule has 1 aliphatic heterocycles. The van der Waals surface area contributed by atoms with E-state index in [0.717, 1.165) is 17.0 Å². The molecule has 132 valence electrons. The number of fused-ring (bicyclic) bond motifs is 1. The molecule has 0 aliphatic carbocycles. The van der Waals surface area contributed by atoms with Crippen LogP contribution >= 0.6 is 11.8 Å². The molecule has 3 rings (SSSR count). The van der Waals surface area contributed by atoms with Gasteiger partial charge in [-0.25, -0.2) is 4.79 Å². The summed E-state index contributed by atoms with van der Waals surface area (Å²) in [5, 5.41) is 3.36. The molecule has 1 heterocycles. The maximum Gasteiger partial charge on any atom is 0.326 e. The van der Waals surface area contributed by atoms with Crippen LogP contribution in [0.1, 0.15) is 13.3 Å². The fourth-order valence-electron chi connectivity index (χ4n) is 2.81. The van der Waals surface area contributed by atoms with E-state index in [4.69, 9.17) is 9.47 Å². The van der Waals surface area contributed by atoms with Gasteiger partial charge in [-0.1, -0.05) is 19.1 Å². The number of para-hydroxylation sites is 1. The Morgan fingerprint density at radius 1 is 1.20 bits per heavy atom. The fraction of sp³-hybridized carbons (Fsp3) is 0.316. The van der Waals surface area contributed by atoms with Crippen molar-refractivity contribution in [3.63, 3.8) is 0 Å². The third-order valence-electron chi connectivity index (χ3n) is 4.17. The summed E-state index contributed by atoms with van der Waals surface area (Å²) in [7, 11) is 3.16. The first-order valence-electron chi connectivity index (χ1n) is 8.22. The van der Waals surface area contributed by atoms with Gasteiger partial charge in [0.05, 0.1) is 19.9 Å². The standard InChI is InChI=1S/C19H22N2O3S/c1-4-14-12-21(15-7-5-6-8-18(15)25-14)19(22)20-13-9-10-16(23-2)17(11-13)24-3/h5-11,14H,4,12H2,1-3H3,(H,20,22)/t14-/m0/s1. The van der Waals surface area contributed by atoms with Gasteiger partial charge in [-0.2, -0.15) is 0 Å². The highest BCUT2D eigenvalue weighted by atomic mass is 32.2. The molecule has 2 aromatic carbocycles. The molecule has 1 atom stereocenters. The number of hydrogen-bond acceptors (Lipinski definition) is 4. The van der Waals surface area contributed by atoms with Crippen molar-refractivity contribution in [1.29, 1.82) is 0 Å². The zero-order chi connectivity index (χ0) is 17.8. The van der Waals surface area contributed by atoms with E-state index < -0.39 is 0 Å². The minimum atomic E-state index is -0.140. The minimum absolute atomic E-state index is 0.140. The average molecular weight is 358 g/mol. The summed E-state index contributed by atoms with van der Waals surface area (Å²) in [6.07, 6.45) is 1.01. The molecule has 5 nitrogen and oxygen atoms in total. The number of nitrogens with zero attached hydrogens (tertiary/aromatic N) is 1. The molecule has 1 N–H and O–H groups in total. The van der Waals surface area contributed by atoms with Crippen molar-refractivity contribution >= 4 is 29.2 Å². The number of urea groups is 1. The normalized spacial score (nSPS) is 16.1. The number of nitrogens with one attached hydrogen (secondary N) is 1. The van der Waals surface area contributed by atoms with Gasteiger partial charge >= 0.3 is 6.03 Å². The molecule has 25 heavy (non-hydrogen) atoms. The van der Waals surface area contributed by atoms with Crippen molar-refractivity contribution < 1.29 is 14.3 Å². The van der Waals surface area contributed by atoms with Gasteiger partial charge in [0.25, 0.3) is 0 Å². The lowest BCUT2D eigenvalue weighted by Crippen LogP contribution is -2.41. The lowest BCUT2D eigenvalue weighted by Gasteiger charge is -2.33. The summed E-state index contributed by atoms with van der Waals surface area (Å²) in [4.78, 5) is 15.8. The van der Waals surface area contributed by atoms with Crippen molar-refractivity contribution in [2.45, 2.75) is 23.5 Å². The molecule has 0 aromatic heterocycles. The highest BCUT2D eigenvalue weighted by Crippen LogP contribution is 2.39. The Kier molecular flexibility index (Phi) is 5.38.